The molecule has 0 aliphatic carbocycles. The number of nitro groups is 1. The van der Waals surface area contributed by atoms with Crippen molar-refractivity contribution in [2.45, 2.75) is 0 Å². The van der Waals surface area contributed by atoms with Gasteiger partial charge in [0.15, 0.2) is 11.4 Å². The Balaban J connectivity index is 2.70. The molecule has 0 saturated heterocycles. The van der Waals surface area contributed by atoms with Crippen LogP contribution in [0.25, 0.3) is 0 Å². The molecule has 0 radical (unpaired) electrons. The highest BCUT2D eigenvalue weighted by atomic mass is 16.6. The Morgan fingerprint density at radius 3 is 2.19 bits per heavy atom. The third-order valence-corrected chi connectivity index (χ3v) is 3.47. The molecule has 1 aliphatic rings. The van der Waals surface area contributed by atoms with Crippen LogP contribution in [0.5, 0.6) is 5.75 Å². The van der Waals surface area contributed by atoms with E-state index in [-0.39, 0.29) is 11.4 Å². The van der Waals surface area contributed by atoms with Gasteiger partial charge in [0.2, 0.25) is 0 Å². The van der Waals surface area contributed by atoms with Crippen molar-refractivity contribution in [2.24, 2.45) is 0 Å². The molecule has 0 atom stereocenters. The molecule has 1 aromatic carbocycles. The first-order valence-corrected chi connectivity index (χ1v) is 6.90. The van der Waals surface area contributed by atoms with E-state index in [2.05, 4.69) is 9.47 Å². The molecular weight excluding hydrogens is 352 g/mol. The zero-order valence-corrected chi connectivity index (χ0v) is 13.8. The van der Waals surface area contributed by atoms with Gasteiger partial charge in [-0.15, -0.1) is 0 Å². The number of carbonyl (C=O) groups excluding carboxylic acids is 4. The van der Waals surface area contributed by atoms with Crippen LogP contribution in [0.15, 0.2) is 29.5 Å². The van der Waals surface area contributed by atoms with Gasteiger partial charge in [-0.3, -0.25) is 24.6 Å². The lowest BCUT2D eigenvalue weighted by molar-refractivity contribution is -0.385. The molecule has 0 unspecified atom stereocenters. The molecule has 2 rings (SSSR count). The number of methoxy groups -OCH3 is 3. The number of anilines is 1. The van der Waals surface area contributed by atoms with E-state index in [1.54, 1.807) is 0 Å². The maximum atomic E-state index is 12.3. The van der Waals surface area contributed by atoms with Gasteiger partial charge in [-0.25, -0.2) is 9.59 Å². The molecule has 136 valence electrons. The maximum absolute atomic E-state index is 12.3. The van der Waals surface area contributed by atoms with E-state index in [9.17, 15) is 29.3 Å². The minimum atomic E-state index is -1.27. The number of hydrogen-bond acceptors (Lipinski definition) is 9. The van der Waals surface area contributed by atoms with Crippen LogP contribution in [-0.4, -0.2) is 49.9 Å². The Bertz CT molecular complexity index is 872. The molecular formula is C15H12N2O9. The van der Waals surface area contributed by atoms with Crippen molar-refractivity contribution >= 4 is 35.0 Å². The van der Waals surface area contributed by atoms with Gasteiger partial charge in [-0.2, -0.15) is 0 Å². The summed E-state index contributed by atoms with van der Waals surface area (Å²) in [7, 11) is 3.13. The second-order valence-corrected chi connectivity index (χ2v) is 4.79. The van der Waals surface area contributed by atoms with E-state index in [1.165, 1.54) is 7.11 Å². The Kier molecular flexibility index (Phi) is 5.01. The topological polar surface area (TPSA) is 142 Å². The number of nitro benzene ring substituents is 1. The molecule has 0 spiro atoms. The molecule has 0 bridgehead atoms. The van der Waals surface area contributed by atoms with Gasteiger partial charge in [-0.1, -0.05) is 0 Å². The lowest BCUT2D eigenvalue weighted by Gasteiger charge is -2.18. The number of carbonyl (C=O) groups is 4. The van der Waals surface area contributed by atoms with E-state index in [0.29, 0.717) is 4.90 Å². The second-order valence-electron chi connectivity index (χ2n) is 4.79. The van der Waals surface area contributed by atoms with Crippen LogP contribution in [0.1, 0.15) is 0 Å². The summed E-state index contributed by atoms with van der Waals surface area (Å²) in [5, 5.41) is 11.0. The van der Waals surface area contributed by atoms with Crippen molar-refractivity contribution in [1.29, 1.82) is 0 Å². The molecule has 0 fully saturated rings. The van der Waals surface area contributed by atoms with Gasteiger partial charge >= 0.3 is 23.5 Å². The zero-order chi connectivity index (χ0) is 19.6. The third-order valence-electron chi connectivity index (χ3n) is 3.47. The largest absolute Gasteiger partial charge is 0.490 e. The van der Waals surface area contributed by atoms with Gasteiger partial charge in [0.05, 0.1) is 31.9 Å². The molecule has 1 heterocycles. The standard InChI is InChI=1S/C15H12N2O9/c1-24-9-6-7(4-5-8(9)17(22)23)16-11(15(21)26-3)10(14(20)25-2)12(18)13(16)19/h4-6H,1-3H3. The summed E-state index contributed by atoms with van der Waals surface area (Å²) in [5.41, 5.74) is -1.94. The molecule has 1 amide bonds. The zero-order valence-electron chi connectivity index (χ0n) is 13.8. The summed E-state index contributed by atoms with van der Waals surface area (Å²) in [4.78, 5) is 59.3. The average Bonchev–Trinajstić information content (AvgIpc) is 2.91. The minimum Gasteiger partial charge on any atom is -0.490 e. The second kappa shape index (κ2) is 7.01. The molecule has 1 aromatic rings. The first-order chi connectivity index (χ1) is 12.3. The van der Waals surface area contributed by atoms with Crippen molar-refractivity contribution in [2.75, 3.05) is 26.2 Å². The monoisotopic (exact) mass is 364 g/mol. The highest BCUT2D eigenvalue weighted by Crippen LogP contribution is 2.36. The van der Waals surface area contributed by atoms with E-state index in [4.69, 9.17) is 4.74 Å². The van der Waals surface area contributed by atoms with Gasteiger partial charge in [0.1, 0.15) is 5.57 Å². The Hall–Kier alpha value is -3.76. The number of Topliss-reactive ketones (excluding diaryl/α,β-unsaturated/α-hetero) is 1. The highest BCUT2D eigenvalue weighted by Gasteiger charge is 2.47. The number of benzene rings is 1. The average molecular weight is 364 g/mol. The summed E-state index contributed by atoms with van der Waals surface area (Å²) < 4.78 is 13.9. The SMILES string of the molecule is COC(=O)C1=C(C(=O)OC)N(c2ccc([N+](=O)[O-])c(OC)c2)C(=O)C1=O. The van der Waals surface area contributed by atoms with Gasteiger partial charge < -0.3 is 14.2 Å². The number of ether oxygens (including phenoxy) is 3. The Morgan fingerprint density at radius 2 is 1.69 bits per heavy atom. The minimum absolute atomic E-state index is 0.106. The van der Waals surface area contributed by atoms with Crippen molar-refractivity contribution in [3.8, 4) is 5.75 Å². The highest BCUT2D eigenvalue weighted by molar-refractivity contribution is 6.57. The number of rotatable bonds is 5. The van der Waals surface area contributed by atoms with Crippen LogP contribution in [0.4, 0.5) is 11.4 Å². The summed E-state index contributed by atoms with van der Waals surface area (Å²) in [6, 6.07) is 3.22. The molecule has 11 heteroatoms. The predicted molar refractivity (Wildman–Crippen MR) is 83.2 cm³/mol. The van der Waals surface area contributed by atoms with Crippen LogP contribution >= 0.6 is 0 Å². The smallest absolute Gasteiger partial charge is 0.356 e. The van der Waals surface area contributed by atoms with E-state index in [0.717, 1.165) is 32.4 Å². The molecule has 26 heavy (non-hydrogen) atoms. The number of nitrogens with zero attached hydrogens (tertiary/aromatic N) is 2. The number of esters is 2. The lowest BCUT2D eigenvalue weighted by atomic mass is 10.1. The summed E-state index contributed by atoms with van der Waals surface area (Å²) >= 11 is 0. The quantitative estimate of drug-likeness (QED) is 0.234. The normalized spacial score (nSPS) is 13.7. The van der Waals surface area contributed by atoms with Crippen molar-refractivity contribution < 1.29 is 38.3 Å². The summed E-state index contributed by atoms with van der Waals surface area (Å²) in [5.74, 6) is -5.04. The Labute approximate surface area is 145 Å². The van der Waals surface area contributed by atoms with Crippen molar-refractivity contribution in [3.63, 3.8) is 0 Å². The molecule has 1 aliphatic heterocycles. The van der Waals surface area contributed by atoms with Crippen LogP contribution in [-0.2, 0) is 28.7 Å². The van der Waals surface area contributed by atoms with Gasteiger partial charge in [-0.05, 0) is 6.07 Å². The van der Waals surface area contributed by atoms with E-state index in [1.807, 2.05) is 0 Å². The summed E-state index contributed by atoms with van der Waals surface area (Å²) in [6.07, 6.45) is 0. The van der Waals surface area contributed by atoms with E-state index < -0.39 is 45.5 Å². The van der Waals surface area contributed by atoms with Crippen LogP contribution in [0, 0.1) is 10.1 Å². The van der Waals surface area contributed by atoms with E-state index >= 15 is 0 Å². The molecule has 0 N–H and O–H groups in total. The lowest BCUT2D eigenvalue weighted by Crippen LogP contribution is -2.31. The Morgan fingerprint density at radius 1 is 1.08 bits per heavy atom. The van der Waals surface area contributed by atoms with Crippen LogP contribution in [0.3, 0.4) is 0 Å². The molecule has 11 nitrogen and oxygen atoms in total. The van der Waals surface area contributed by atoms with Crippen molar-refractivity contribution in [1.82, 2.24) is 0 Å². The van der Waals surface area contributed by atoms with Gasteiger partial charge in [0, 0.05) is 12.1 Å². The van der Waals surface area contributed by atoms with Crippen LogP contribution in [0.2, 0.25) is 0 Å². The summed E-state index contributed by atoms with van der Waals surface area (Å²) in [6.45, 7) is 0. The maximum Gasteiger partial charge on any atom is 0.356 e. The number of hydrogen-bond donors (Lipinski definition) is 0. The fourth-order valence-electron chi connectivity index (χ4n) is 2.31. The van der Waals surface area contributed by atoms with Crippen LogP contribution < -0.4 is 9.64 Å². The van der Waals surface area contributed by atoms with Gasteiger partial charge in [0.25, 0.3) is 5.78 Å². The molecule has 0 saturated carbocycles. The van der Waals surface area contributed by atoms with Crippen molar-refractivity contribution in [3.05, 3.63) is 39.6 Å². The first-order valence-electron chi connectivity index (χ1n) is 6.90. The predicted octanol–water partition coefficient (Wildman–Crippen LogP) is 0.119. The number of amides is 1. The fourth-order valence-corrected chi connectivity index (χ4v) is 2.31. The molecule has 0 aromatic heterocycles. The third kappa shape index (κ3) is 2.85. The number of ketones is 1. The first kappa shape index (κ1) is 18.6. The fraction of sp³-hybridized carbons (Fsp3) is 0.200.